The second-order valence-electron chi connectivity index (χ2n) is 31.6. The van der Waals surface area contributed by atoms with Crippen molar-refractivity contribution in [3.8, 4) is 0 Å². The molecule has 0 spiro atoms. The summed E-state index contributed by atoms with van der Waals surface area (Å²) in [5.74, 6) is -0.409. The summed E-state index contributed by atoms with van der Waals surface area (Å²) in [6, 6.07) is 0. The fourth-order valence-corrected chi connectivity index (χ4v) is 15.0. The van der Waals surface area contributed by atoms with Crippen molar-refractivity contribution in [2.24, 2.45) is 11.8 Å². The van der Waals surface area contributed by atoms with Crippen molar-refractivity contribution in [3.05, 3.63) is 0 Å². The van der Waals surface area contributed by atoms with Crippen LogP contribution in [0, 0.1) is 11.8 Å². The average Bonchev–Trinajstić information content (AvgIpc) is 0.916. The molecule has 0 radical (unpaired) electrons. The van der Waals surface area contributed by atoms with Gasteiger partial charge in [-0.15, -0.1) is 0 Å². The first-order chi connectivity index (χ1) is 50.9. The number of aliphatic hydroxyl groups excluding tert-OH is 1. The number of carbonyl (C=O) groups is 4. The molecule has 0 aliphatic heterocycles. The zero-order valence-corrected chi connectivity index (χ0v) is 70.8. The standard InChI is InChI=1S/C86H168O17P2/c1-7-10-12-14-16-18-19-32-40-46-52-58-64-70-85(90)102-81(74-96-83(88)68-62-56-50-42-17-15-13-11-8-2)76-100-104(92,93)98-72-80(87)73-99-105(94,95)101-77-82(75-97-84(89)69-63-57-51-45-39-35-30-26-22-20-24-28-33-37-43-48-54-60-66-78(4)5)103-86(91)71-65-59-53-47-41-36-31-27-23-21-25-29-34-38-44-49-55-61-67-79(6)9-3/h78-82,87H,7-77H2,1-6H3,(H,92,93)(H,94,95)/t79?,80-,81+,82+/m0/s1. The number of phosphoric ester groups is 2. The van der Waals surface area contributed by atoms with Crippen molar-refractivity contribution in [2.75, 3.05) is 39.6 Å². The van der Waals surface area contributed by atoms with Gasteiger partial charge in [0.25, 0.3) is 0 Å². The third kappa shape index (κ3) is 78.5. The number of unbranched alkanes of at least 4 members (excludes halogenated alkanes) is 54. The molecule has 3 N–H and O–H groups in total. The van der Waals surface area contributed by atoms with E-state index in [9.17, 15) is 43.2 Å². The Kier molecular flexibility index (Phi) is 76.0. The molecule has 105 heavy (non-hydrogen) atoms. The second-order valence-corrected chi connectivity index (χ2v) is 34.6. The highest BCUT2D eigenvalue weighted by atomic mass is 31.2. The molecule has 0 aromatic carbocycles. The van der Waals surface area contributed by atoms with Crippen LogP contribution in [0.1, 0.15) is 459 Å². The van der Waals surface area contributed by atoms with Crippen molar-refractivity contribution < 1.29 is 80.2 Å². The summed E-state index contributed by atoms with van der Waals surface area (Å²) in [6.45, 7) is 9.75. The lowest BCUT2D eigenvalue weighted by molar-refractivity contribution is -0.161. The van der Waals surface area contributed by atoms with Crippen LogP contribution in [0.5, 0.6) is 0 Å². The largest absolute Gasteiger partial charge is 0.472 e. The Morgan fingerprint density at radius 1 is 0.276 bits per heavy atom. The van der Waals surface area contributed by atoms with Crippen LogP contribution in [0.3, 0.4) is 0 Å². The van der Waals surface area contributed by atoms with Gasteiger partial charge in [0.15, 0.2) is 12.2 Å². The van der Waals surface area contributed by atoms with Gasteiger partial charge in [-0.2, -0.15) is 0 Å². The molecule has 0 aliphatic carbocycles. The lowest BCUT2D eigenvalue weighted by atomic mass is 9.99. The maximum atomic E-state index is 13.1. The minimum Gasteiger partial charge on any atom is -0.462 e. The molecule has 0 bridgehead atoms. The lowest BCUT2D eigenvalue weighted by Gasteiger charge is -2.21. The number of hydrogen-bond donors (Lipinski definition) is 3. The summed E-state index contributed by atoms with van der Waals surface area (Å²) in [4.78, 5) is 73.1. The Morgan fingerprint density at radius 2 is 0.486 bits per heavy atom. The van der Waals surface area contributed by atoms with Gasteiger partial charge in [-0.3, -0.25) is 37.3 Å². The predicted octanol–water partition coefficient (Wildman–Crippen LogP) is 26.2. The van der Waals surface area contributed by atoms with Gasteiger partial charge in [-0.1, -0.05) is 408 Å². The first-order valence-corrected chi connectivity index (χ1v) is 47.5. The number of aliphatic hydroxyl groups is 1. The van der Waals surface area contributed by atoms with E-state index < -0.39 is 97.5 Å². The van der Waals surface area contributed by atoms with Gasteiger partial charge in [0.1, 0.15) is 19.3 Å². The Balaban J connectivity index is 5.18. The molecule has 0 aromatic heterocycles. The molecule has 19 heteroatoms. The van der Waals surface area contributed by atoms with Crippen LogP contribution >= 0.6 is 15.6 Å². The number of phosphoric acid groups is 2. The average molecular weight is 1540 g/mol. The predicted molar refractivity (Wildman–Crippen MR) is 432 cm³/mol. The van der Waals surface area contributed by atoms with E-state index in [2.05, 4.69) is 41.5 Å². The minimum absolute atomic E-state index is 0.108. The van der Waals surface area contributed by atoms with Crippen LogP contribution in [0.2, 0.25) is 0 Å². The number of carbonyl (C=O) groups excluding carboxylic acids is 4. The lowest BCUT2D eigenvalue weighted by Crippen LogP contribution is -2.30. The highest BCUT2D eigenvalue weighted by Gasteiger charge is 2.30. The smallest absolute Gasteiger partial charge is 0.462 e. The highest BCUT2D eigenvalue weighted by Crippen LogP contribution is 2.45. The highest BCUT2D eigenvalue weighted by molar-refractivity contribution is 7.47. The SMILES string of the molecule is CCCCCCCCCCCCCCCC(=O)O[C@H](COC(=O)CCCCCCCCCCC)COP(=O)(O)OC[C@H](O)COP(=O)(O)OC[C@@H](COC(=O)CCCCCCCCCCCCCCCCCCCCC(C)C)OC(=O)CCCCCCCCCCCCCCCCCCCCC(C)CC. The zero-order chi connectivity index (χ0) is 77.1. The van der Waals surface area contributed by atoms with Crippen LogP contribution in [-0.4, -0.2) is 96.7 Å². The molecule has 0 saturated heterocycles. The van der Waals surface area contributed by atoms with Gasteiger partial charge >= 0.3 is 39.5 Å². The molecule has 0 fully saturated rings. The summed E-state index contributed by atoms with van der Waals surface area (Å²) in [5.41, 5.74) is 0. The van der Waals surface area contributed by atoms with E-state index in [1.807, 2.05) is 0 Å². The molecular weight excluding hydrogens is 1370 g/mol. The molecule has 624 valence electrons. The topological polar surface area (TPSA) is 237 Å². The summed E-state index contributed by atoms with van der Waals surface area (Å²) < 4.78 is 68.8. The van der Waals surface area contributed by atoms with E-state index in [0.29, 0.717) is 25.7 Å². The Bertz CT molecular complexity index is 2010. The Labute approximate surface area is 645 Å². The van der Waals surface area contributed by atoms with Gasteiger partial charge in [-0.05, 0) is 37.5 Å². The molecule has 0 heterocycles. The zero-order valence-electron chi connectivity index (χ0n) is 69.0. The van der Waals surface area contributed by atoms with Gasteiger partial charge in [0.2, 0.25) is 0 Å². The first-order valence-electron chi connectivity index (χ1n) is 44.5. The van der Waals surface area contributed by atoms with Crippen molar-refractivity contribution in [3.63, 3.8) is 0 Å². The summed E-state index contributed by atoms with van der Waals surface area (Å²) in [5, 5.41) is 10.7. The molecule has 0 saturated carbocycles. The maximum absolute atomic E-state index is 13.1. The monoisotopic (exact) mass is 1540 g/mol. The van der Waals surface area contributed by atoms with E-state index in [4.69, 9.17) is 37.0 Å². The van der Waals surface area contributed by atoms with Crippen LogP contribution in [-0.2, 0) is 65.4 Å². The minimum atomic E-state index is -4.97. The fraction of sp³-hybridized carbons (Fsp3) is 0.953. The van der Waals surface area contributed by atoms with Gasteiger partial charge in [0, 0.05) is 25.7 Å². The van der Waals surface area contributed by atoms with Gasteiger partial charge in [0.05, 0.1) is 26.4 Å². The number of ether oxygens (including phenoxy) is 4. The number of rotatable bonds is 85. The summed E-state index contributed by atoms with van der Waals surface area (Å²) >= 11 is 0. The van der Waals surface area contributed by atoms with Gasteiger partial charge in [-0.25, -0.2) is 9.13 Å². The molecular formula is C86H168O17P2. The van der Waals surface area contributed by atoms with Crippen LogP contribution in [0.15, 0.2) is 0 Å². The molecule has 0 aliphatic rings. The third-order valence-corrected chi connectivity index (χ3v) is 22.5. The summed E-state index contributed by atoms with van der Waals surface area (Å²) in [6.07, 6.45) is 69.5. The number of hydrogen-bond acceptors (Lipinski definition) is 15. The fourth-order valence-electron chi connectivity index (χ4n) is 13.4. The maximum Gasteiger partial charge on any atom is 0.472 e. The van der Waals surface area contributed by atoms with Gasteiger partial charge < -0.3 is 33.8 Å². The van der Waals surface area contributed by atoms with E-state index >= 15 is 0 Å². The number of esters is 4. The van der Waals surface area contributed by atoms with E-state index in [-0.39, 0.29) is 25.7 Å². The van der Waals surface area contributed by atoms with Crippen molar-refractivity contribution >= 4 is 39.5 Å². The molecule has 3 unspecified atom stereocenters. The second kappa shape index (κ2) is 77.4. The van der Waals surface area contributed by atoms with Crippen molar-refractivity contribution in [1.82, 2.24) is 0 Å². The van der Waals surface area contributed by atoms with E-state index in [0.717, 1.165) is 102 Å². The van der Waals surface area contributed by atoms with Crippen molar-refractivity contribution in [1.29, 1.82) is 0 Å². The van der Waals surface area contributed by atoms with Crippen LogP contribution in [0.25, 0.3) is 0 Å². The van der Waals surface area contributed by atoms with Crippen LogP contribution in [0.4, 0.5) is 0 Å². The molecule has 0 aromatic rings. The van der Waals surface area contributed by atoms with E-state index in [1.165, 1.54) is 276 Å². The normalized spacial score (nSPS) is 14.1. The summed E-state index contributed by atoms with van der Waals surface area (Å²) in [7, 11) is -9.92. The quantitative estimate of drug-likeness (QED) is 0.0222. The Hall–Kier alpha value is -1.94. The molecule has 6 atom stereocenters. The third-order valence-electron chi connectivity index (χ3n) is 20.6. The molecule has 0 rings (SSSR count). The first kappa shape index (κ1) is 103. The molecule has 0 amide bonds. The van der Waals surface area contributed by atoms with Crippen LogP contribution < -0.4 is 0 Å². The van der Waals surface area contributed by atoms with Crippen molar-refractivity contribution in [2.45, 2.75) is 477 Å². The Morgan fingerprint density at radius 3 is 0.724 bits per heavy atom. The van der Waals surface area contributed by atoms with E-state index in [1.54, 1.807) is 0 Å². The molecule has 17 nitrogen and oxygen atoms in total.